The Morgan fingerprint density at radius 3 is 2.67 bits per heavy atom. The van der Waals surface area contributed by atoms with E-state index in [9.17, 15) is 9.90 Å². The van der Waals surface area contributed by atoms with Crippen LogP contribution in [0.15, 0.2) is 34.7 Å². The van der Waals surface area contributed by atoms with Crippen LogP contribution in [0.5, 0.6) is 5.75 Å². The number of benzene rings is 2. The van der Waals surface area contributed by atoms with Crippen LogP contribution < -0.4 is 5.32 Å². The van der Waals surface area contributed by atoms with E-state index in [2.05, 4.69) is 10.3 Å². The smallest absolute Gasteiger partial charge is 0.231 e. The van der Waals surface area contributed by atoms with Gasteiger partial charge in [-0.05, 0) is 49.2 Å². The summed E-state index contributed by atoms with van der Waals surface area (Å²) >= 11 is 0. The summed E-state index contributed by atoms with van der Waals surface area (Å²) in [5.74, 6) is 0.215. The molecule has 1 heterocycles. The number of phenolic OH excluding ortho intramolecular Hbond substituents is 1. The molecule has 1 amide bonds. The number of hydrogen-bond acceptors (Lipinski definition) is 4. The maximum atomic E-state index is 11.9. The van der Waals surface area contributed by atoms with E-state index in [-0.39, 0.29) is 17.6 Å². The van der Waals surface area contributed by atoms with Crippen molar-refractivity contribution in [3.8, 4) is 17.2 Å². The fraction of sp³-hybridized carbons (Fsp3) is 0.263. The quantitative estimate of drug-likeness (QED) is 0.700. The van der Waals surface area contributed by atoms with E-state index in [0.29, 0.717) is 28.3 Å². The van der Waals surface area contributed by atoms with Crippen LogP contribution in [0.3, 0.4) is 0 Å². The Morgan fingerprint density at radius 1 is 1.21 bits per heavy atom. The molecule has 0 spiro atoms. The number of oxazole rings is 1. The minimum atomic E-state index is -0.130. The molecule has 2 N–H and O–H groups in total. The Labute approximate surface area is 140 Å². The van der Waals surface area contributed by atoms with Gasteiger partial charge < -0.3 is 14.8 Å². The number of amides is 1. The number of carbonyl (C=O) groups excluding carboxylic acids is 1. The van der Waals surface area contributed by atoms with Gasteiger partial charge in [0.05, 0.1) is 5.56 Å². The van der Waals surface area contributed by atoms with Crippen LogP contribution >= 0.6 is 0 Å². The van der Waals surface area contributed by atoms with Crippen molar-refractivity contribution in [2.75, 3.05) is 5.32 Å². The monoisotopic (exact) mass is 324 g/mol. The molecule has 0 aliphatic rings. The molecule has 3 aromatic rings. The highest BCUT2D eigenvalue weighted by Gasteiger charge is 2.17. The van der Waals surface area contributed by atoms with Crippen molar-refractivity contribution < 1.29 is 14.3 Å². The second kappa shape index (κ2) is 6.00. The zero-order valence-corrected chi connectivity index (χ0v) is 14.2. The first-order valence-corrected chi connectivity index (χ1v) is 7.87. The fourth-order valence-corrected chi connectivity index (χ4v) is 2.45. The molecule has 0 atom stereocenters. The molecule has 0 aliphatic heterocycles. The number of aromatic hydroxyl groups is 1. The average Bonchev–Trinajstić information content (AvgIpc) is 2.93. The van der Waals surface area contributed by atoms with Gasteiger partial charge in [-0.1, -0.05) is 19.9 Å². The van der Waals surface area contributed by atoms with E-state index in [1.54, 1.807) is 19.1 Å². The minimum Gasteiger partial charge on any atom is -0.507 e. The molecule has 0 unspecified atom stereocenters. The third-order valence-corrected chi connectivity index (χ3v) is 3.87. The lowest BCUT2D eigenvalue weighted by molar-refractivity contribution is -0.118. The minimum absolute atomic E-state index is 0.0840. The molecule has 0 saturated carbocycles. The number of nitrogens with one attached hydrogen (secondary N) is 1. The van der Waals surface area contributed by atoms with Gasteiger partial charge in [0.15, 0.2) is 5.58 Å². The molecule has 3 rings (SSSR count). The van der Waals surface area contributed by atoms with Crippen molar-refractivity contribution in [2.45, 2.75) is 27.7 Å². The van der Waals surface area contributed by atoms with Crippen LogP contribution in [0.2, 0.25) is 0 Å². The topological polar surface area (TPSA) is 75.4 Å². The number of rotatable bonds is 3. The van der Waals surface area contributed by atoms with Crippen LogP contribution in [0.4, 0.5) is 5.69 Å². The highest BCUT2D eigenvalue weighted by Crippen LogP contribution is 2.36. The lowest BCUT2D eigenvalue weighted by Crippen LogP contribution is -2.17. The highest BCUT2D eigenvalue weighted by molar-refractivity contribution is 5.93. The summed E-state index contributed by atoms with van der Waals surface area (Å²) in [6.45, 7) is 7.41. The van der Waals surface area contributed by atoms with E-state index < -0.39 is 0 Å². The Kier molecular flexibility index (Phi) is 4.01. The molecule has 0 fully saturated rings. The van der Waals surface area contributed by atoms with Crippen molar-refractivity contribution in [1.29, 1.82) is 0 Å². The van der Waals surface area contributed by atoms with Gasteiger partial charge >= 0.3 is 0 Å². The van der Waals surface area contributed by atoms with Gasteiger partial charge in [0.2, 0.25) is 11.8 Å². The van der Waals surface area contributed by atoms with Gasteiger partial charge in [-0.25, -0.2) is 4.98 Å². The molecule has 5 nitrogen and oxygen atoms in total. The molecule has 0 aliphatic carbocycles. The largest absolute Gasteiger partial charge is 0.507 e. The van der Waals surface area contributed by atoms with E-state index >= 15 is 0 Å². The second-order valence-electron chi connectivity index (χ2n) is 6.32. The Hall–Kier alpha value is -2.82. The summed E-state index contributed by atoms with van der Waals surface area (Å²) in [6.07, 6.45) is 0. The maximum Gasteiger partial charge on any atom is 0.231 e. The Morgan fingerprint density at radius 2 is 1.96 bits per heavy atom. The summed E-state index contributed by atoms with van der Waals surface area (Å²) in [7, 11) is 0. The van der Waals surface area contributed by atoms with Crippen LogP contribution in [0, 0.1) is 19.8 Å². The molecular formula is C19H20N2O3. The molecule has 124 valence electrons. The third-order valence-electron chi connectivity index (χ3n) is 3.87. The van der Waals surface area contributed by atoms with Crippen LogP contribution in [-0.4, -0.2) is 16.0 Å². The molecule has 2 aromatic carbocycles. The predicted molar refractivity (Wildman–Crippen MR) is 94.1 cm³/mol. The number of aromatic nitrogens is 1. The van der Waals surface area contributed by atoms with E-state index in [1.807, 2.05) is 39.0 Å². The van der Waals surface area contributed by atoms with Gasteiger partial charge in [-0.3, -0.25) is 4.79 Å². The van der Waals surface area contributed by atoms with Crippen LogP contribution in [-0.2, 0) is 4.79 Å². The number of phenols is 1. The molecule has 1 aromatic heterocycles. The summed E-state index contributed by atoms with van der Waals surface area (Å²) in [5.41, 5.74) is 4.19. The molecule has 5 heteroatoms. The fourth-order valence-electron chi connectivity index (χ4n) is 2.45. The summed E-state index contributed by atoms with van der Waals surface area (Å²) in [5, 5.41) is 13.2. The maximum absolute atomic E-state index is 11.9. The van der Waals surface area contributed by atoms with Gasteiger partial charge in [0.25, 0.3) is 0 Å². The molecule has 0 radical (unpaired) electrons. The van der Waals surface area contributed by atoms with E-state index in [4.69, 9.17) is 4.42 Å². The van der Waals surface area contributed by atoms with Crippen molar-refractivity contribution in [3.63, 3.8) is 0 Å². The number of fused-ring (bicyclic) bond motifs is 1. The zero-order chi connectivity index (χ0) is 17.4. The van der Waals surface area contributed by atoms with Gasteiger partial charge in [0, 0.05) is 11.6 Å². The Balaban J connectivity index is 2.08. The SMILES string of the molecule is Cc1ccc2oc(-c3cc(NC(=O)C(C)C)cc(C)c3O)nc2c1. The lowest BCUT2D eigenvalue weighted by Gasteiger charge is -2.11. The second-order valence-corrected chi connectivity index (χ2v) is 6.32. The first-order valence-electron chi connectivity index (χ1n) is 7.87. The number of aryl methyl sites for hydroxylation is 2. The van der Waals surface area contributed by atoms with Crippen molar-refractivity contribution >= 4 is 22.7 Å². The van der Waals surface area contributed by atoms with E-state index in [1.165, 1.54) is 0 Å². The van der Waals surface area contributed by atoms with Gasteiger partial charge in [0.1, 0.15) is 11.3 Å². The first-order chi connectivity index (χ1) is 11.3. The Bertz CT molecular complexity index is 926. The lowest BCUT2D eigenvalue weighted by atomic mass is 10.1. The normalized spacial score (nSPS) is 11.2. The average molecular weight is 324 g/mol. The van der Waals surface area contributed by atoms with Crippen molar-refractivity contribution in [2.24, 2.45) is 5.92 Å². The summed E-state index contributed by atoms with van der Waals surface area (Å²) in [4.78, 5) is 16.4. The van der Waals surface area contributed by atoms with Crippen molar-refractivity contribution in [1.82, 2.24) is 4.98 Å². The summed E-state index contributed by atoms with van der Waals surface area (Å²) < 4.78 is 5.77. The molecule has 0 saturated heterocycles. The molecular weight excluding hydrogens is 304 g/mol. The highest BCUT2D eigenvalue weighted by atomic mass is 16.3. The standard InChI is InChI=1S/C19H20N2O3/c1-10(2)18(23)20-13-8-12(4)17(22)14(9-13)19-21-15-7-11(3)5-6-16(15)24-19/h5-10,22H,1-4H3,(H,20,23). The molecule has 0 bridgehead atoms. The number of hydrogen-bond donors (Lipinski definition) is 2. The number of carbonyl (C=O) groups is 1. The van der Waals surface area contributed by atoms with Crippen LogP contribution in [0.1, 0.15) is 25.0 Å². The summed E-state index contributed by atoms with van der Waals surface area (Å²) in [6, 6.07) is 9.14. The number of anilines is 1. The van der Waals surface area contributed by atoms with Crippen LogP contribution in [0.25, 0.3) is 22.6 Å². The number of nitrogens with zero attached hydrogens (tertiary/aromatic N) is 1. The third kappa shape index (κ3) is 2.97. The predicted octanol–water partition coefficient (Wildman–Crippen LogP) is 4.41. The van der Waals surface area contributed by atoms with E-state index in [0.717, 1.165) is 11.1 Å². The first kappa shape index (κ1) is 16.1. The van der Waals surface area contributed by atoms with Gasteiger partial charge in [-0.15, -0.1) is 0 Å². The van der Waals surface area contributed by atoms with Gasteiger partial charge in [-0.2, -0.15) is 0 Å². The van der Waals surface area contributed by atoms with Crippen molar-refractivity contribution in [3.05, 3.63) is 41.5 Å². The zero-order valence-electron chi connectivity index (χ0n) is 14.2. The molecule has 24 heavy (non-hydrogen) atoms.